The number of amides is 1. The van der Waals surface area contributed by atoms with Crippen molar-refractivity contribution in [3.63, 3.8) is 0 Å². The number of rotatable bonds is 7. The van der Waals surface area contributed by atoms with Crippen molar-refractivity contribution in [2.24, 2.45) is 11.3 Å². The second-order valence-electron chi connectivity index (χ2n) is 8.27. The molecule has 0 aromatic carbocycles. The zero-order valence-corrected chi connectivity index (χ0v) is 15.9. The van der Waals surface area contributed by atoms with Crippen molar-refractivity contribution in [2.75, 3.05) is 13.7 Å². The third-order valence-electron chi connectivity index (χ3n) is 4.69. The number of nitrogens with one attached hydrogen (secondary N) is 1. The van der Waals surface area contributed by atoms with Crippen LogP contribution in [0.2, 0.25) is 0 Å². The zero-order valence-electron chi connectivity index (χ0n) is 15.9. The molecular formula is C19H27N3O4. The highest BCUT2D eigenvalue weighted by atomic mass is 16.5. The first-order valence-corrected chi connectivity index (χ1v) is 9.18. The van der Waals surface area contributed by atoms with Gasteiger partial charge in [0.2, 0.25) is 5.88 Å². The molecule has 1 atom stereocenters. The van der Waals surface area contributed by atoms with Crippen LogP contribution in [0.15, 0.2) is 6.20 Å². The molecule has 0 aliphatic heterocycles. The van der Waals surface area contributed by atoms with Gasteiger partial charge in [0.05, 0.1) is 19.9 Å². The fourth-order valence-electron chi connectivity index (χ4n) is 2.67. The van der Waals surface area contributed by atoms with Gasteiger partial charge in [-0.25, -0.2) is 9.78 Å². The van der Waals surface area contributed by atoms with Gasteiger partial charge in [0.1, 0.15) is 11.7 Å². The number of hydrogen-bond acceptors (Lipinski definition) is 6. The first-order chi connectivity index (χ1) is 12.3. The molecule has 0 radical (unpaired) electrons. The summed E-state index contributed by atoms with van der Waals surface area (Å²) >= 11 is 0. The maximum absolute atomic E-state index is 12.6. The average Bonchev–Trinajstić information content (AvgIpc) is 3.48. The van der Waals surface area contributed by atoms with Crippen LogP contribution >= 0.6 is 0 Å². The molecule has 2 aliphatic rings. The highest BCUT2D eigenvalue weighted by Gasteiger charge is 2.35. The molecule has 26 heavy (non-hydrogen) atoms. The van der Waals surface area contributed by atoms with Gasteiger partial charge < -0.3 is 14.8 Å². The normalized spacial score (nSPS) is 18.2. The lowest BCUT2D eigenvalue weighted by atomic mass is 9.86. The fraction of sp³-hybridized carbons (Fsp3) is 0.684. The van der Waals surface area contributed by atoms with Crippen LogP contribution in [-0.4, -0.2) is 41.6 Å². The summed E-state index contributed by atoms with van der Waals surface area (Å²) in [7, 11) is 1.31. The van der Waals surface area contributed by atoms with E-state index in [4.69, 9.17) is 9.47 Å². The number of methoxy groups -OCH3 is 1. The summed E-state index contributed by atoms with van der Waals surface area (Å²) in [6.45, 7) is 6.20. The Bertz CT molecular complexity index is 691. The van der Waals surface area contributed by atoms with Crippen molar-refractivity contribution in [3.8, 4) is 5.88 Å². The van der Waals surface area contributed by atoms with E-state index in [1.807, 2.05) is 20.8 Å². The number of ether oxygens (including phenoxy) is 2. The van der Waals surface area contributed by atoms with Gasteiger partial charge in [-0.3, -0.25) is 9.78 Å². The second-order valence-corrected chi connectivity index (χ2v) is 8.27. The van der Waals surface area contributed by atoms with E-state index in [9.17, 15) is 9.59 Å². The Morgan fingerprint density at radius 3 is 2.50 bits per heavy atom. The number of aromatic nitrogens is 2. The summed E-state index contributed by atoms with van der Waals surface area (Å²) < 4.78 is 10.7. The summed E-state index contributed by atoms with van der Waals surface area (Å²) in [5, 5.41) is 2.72. The van der Waals surface area contributed by atoms with Crippen LogP contribution in [0.5, 0.6) is 5.88 Å². The van der Waals surface area contributed by atoms with Crippen LogP contribution in [-0.2, 0) is 9.53 Å². The molecule has 1 aromatic heterocycles. The highest BCUT2D eigenvalue weighted by Crippen LogP contribution is 2.42. The minimum atomic E-state index is -0.777. The molecule has 2 fully saturated rings. The molecule has 0 saturated heterocycles. The van der Waals surface area contributed by atoms with Gasteiger partial charge in [0.15, 0.2) is 5.69 Å². The molecule has 0 bridgehead atoms. The summed E-state index contributed by atoms with van der Waals surface area (Å²) in [6.07, 6.45) is 5.98. The standard InChI is InChI=1S/C19H27N3O4/c1-19(2,3)15(18(24)25-4)22-16(23)13-9-20-14(12-7-8-12)17(21-13)26-10-11-5-6-11/h9,11-12,15H,5-8,10H2,1-4H3,(H,22,23)/t15-/m1/s1. The molecule has 1 N–H and O–H groups in total. The predicted octanol–water partition coefficient (Wildman–Crippen LogP) is 2.46. The van der Waals surface area contributed by atoms with Gasteiger partial charge in [-0.1, -0.05) is 20.8 Å². The van der Waals surface area contributed by atoms with E-state index in [2.05, 4.69) is 15.3 Å². The Hall–Kier alpha value is -2.18. The van der Waals surface area contributed by atoms with E-state index in [-0.39, 0.29) is 5.69 Å². The Morgan fingerprint density at radius 1 is 1.27 bits per heavy atom. The van der Waals surface area contributed by atoms with Crippen molar-refractivity contribution >= 4 is 11.9 Å². The molecule has 142 valence electrons. The first kappa shape index (κ1) is 18.6. The van der Waals surface area contributed by atoms with Gasteiger partial charge in [-0.05, 0) is 37.0 Å². The van der Waals surface area contributed by atoms with Gasteiger partial charge >= 0.3 is 5.97 Å². The van der Waals surface area contributed by atoms with Gasteiger partial charge in [-0.15, -0.1) is 0 Å². The van der Waals surface area contributed by atoms with Crippen molar-refractivity contribution in [1.82, 2.24) is 15.3 Å². The monoisotopic (exact) mass is 361 g/mol. The van der Waals surface area contributed by atoms with E-state index < -0.39 is 23.3 Å². The topological polar surface area (TPSA) is 90.4 Å². The van der Waals surface area contributed by atoms with Crippen LogP contribution in [0.25, 0.3) is 0 Å². The summed E-state index contributed by atoms with van der Waals surface area (Å²) in [5.74, 6) is 0.481. The molecule has 1 amide bonds. The molecule has 2 saturated carbocycles. The minimum absolute atomic E-state index is 0.151. The second kappa shape index (κ2) is 7.21. The summed E-state index contributed by atoms with van der Waals surface area (Å²) in [4.78, 5) is 33.5. The Balaban J connectivity index is 1.77. The number of carbonyl (C=O) groups is 2. The maximum Gasteiger partial charge on any atom is 0.328 e. The summed E-state index contributed by atoms with van der Waals surface area (Å²) in [6, 6.07) is -0.777. The number of hydrogen-bond donors (Lipinski definition) is 1. The maximum atomic E-state index is 12.6. The van der Waals surface area contributed by atoms with Crippen LogP contribution in [0.1, 0.15) is 68.6 Å². The molecule has 7 nitrogen and oxygen atoms in total. The van der Waals surface area contributed by atoms with E-state index >= 15 is 0 Å². The van der Waals surface area contributed by atoms with Gasteiger partial charge in [0, 0.05) is 5.92 Å². The van der Waals surface area contributed by atoms with Crippen molar-refractivity contribution in [3.05, 3.63) is 17.6 Å². The van der Waals surface area contributed by atoms with Crippen LogP contribution in [0.3, 0.4) is 0 Å². The number of carbonyl (C=O) groups excluding carboxylic acids is 2. The largest absolute Gasteiger partial charge is 0.476 e. The lowest BCUT2D eigenvalue weighted by Crippen LogP contribution is -2.49. The van der Waals surface area contributed by atoms with E-state index in [1.54, 1.807) is 0 Å². The molecule has 1 heterocycles. The third kappa shape index (κ3) is 4.51. The van der Waals surface area contributed by atoms with E-state index in [0.29, 0.717) is 24.3 Å². The van der Waals surface area contributed by atoms with Crippen LogP contribution in [0, 0.1) is 11.3 Å². The SMILES string of the molecule is COC(=O)[C@@H](NC(=O)c1cnc(C2CC2)c(OCC2CC2)n1)C(C)(C)C. The minimum Gasteiger partial charge on any atom is -0.476 e. The van der Waals surface area contributed by atoms with Gasteiger partial charge in [0.25, 0.3) is 5.91 Å². The van der Waals surface area contributed by atoms with E-state index in [1.165, 1.54) is 26.1 Å². The molecule has 1 aromatic rings. The first-order valence-electron chi connectivity index (χ1n) is 9.18. The lowest BCUT2D eigenvalue weighted by Gasteiger charge is -2.28. The predicted molar refractivity (Wildman–Crippen MR) is 95.0 cm³/mol. The Kier molecular flexibility index (Phi) is 5.16. The highest BCUT2D eigenvalue weighted by molar-refractivity contribution is 5.95. The Labute approximate surface area is 153 Å². The van der Waals surface area contributed by atoms with Crippen molar-refractivity contribution < 1.29 is 19.1 Å². The summed E-state index contributed by atoms with van der Waals surface area (Å²) in [5.41, 5.74) is 0.496. The zero-order chi connectivity index (χ0) is 18.9. The van der Waals surface area contributed by atoms with Crippen molar-refractivity contribution in [1.29, 1.82) is 0 Å². The smallest absolute Gasteiger partial charge is 0.328 e. The van der Waals surface area contributed by atoms with E-state index in [0.717, 1.165) is 18.5 Å². The average molecular weight is 361 g/mol. The molecule has 0 spiro atoms. The Morgan fingerprint density at radius 2 is 1.96 bits per heavy atom. The molecule has 3 rings (SSSR count). The number of esters is 1. The molecule has 2 aliphatic carbocycles. The van der Waals surface area contributed by atoms with Crippen LogP contribution in [0.4, 0.5) is 0 Å². The third-order valence-corrected chi connectivity index (χ3v) is 4.69. The van der Waals surface area contributed by atoms with Crippen molar-refractivity contribution in [2.45, 2.75) is 58.4 Å². The lowest BCUT2D eigenvalue weighted by molar-refractivity contribution is -0.145. The molecule has 7 heteroatoms. The molecule has 0 unspecified atom stereocenters. The van der Waals surface area contributed by atoms with Crippen LogP contribution < -0.4 is 10.1 Å². The quantitative estimate of drug-likeness (QED) is 0.750. The molecular weight excluding hydrogens is 334 g/mol. The number of nitrogens with zero attached hydrogens (tertiary/aromatic N) is 2. The fourth-order valence-corrected chi connectivity index (χ4v) is 2.67. The van der Waals surface area contributed by atoms with Gasteiger partial charge in [-0.2, -0.15) is 0 Å².